The third-order valence-corrected chi connectivity index (χ3v) is 5.00. The van der Waals surface area contributed by atoms with Gasteiger partial charge in [0.2, 0.25) is 5.88 Å². The minimum absolute atomic E-state index is 0.377. The van der Waals surface area contributed by atoms with Gasteiger partial charge in [0.25, 0.3) is 0 Å². The summed E-state index contributed by atoms with van der Waals surface area (Å²) in [7, 11) is 0. The first-order valence-corrected chi connectivity index (χ1v) is 9.70. The molecule has 3 heterocycles. The molecule has 3 aromatic heterocycles. The lowest BCUT2D eigenvalue weighted by Gasteiger charge is -2.11. The highest BCUT2D eigenvalue weighted by atomic mass is 32.1. The highest BCUT2D eigenvalue weighted by Crippen LogP contribution is 2.33. The van der Waals surface area contributed by atoms with Crippen LogP contribution in [0.15, 0.2) is 42.3 Å². The van der Waals surface area contributed by atoms with Crippen molar-refractivity contribution in [3.05, 3.63) is 59.5 Å². The summed E-state index contributed by atoms with van der Waals surface area (Å²) in [4.78, 5) is 25.5. The fourth-order valence-electron chi connectivity index (χ4n) is 2.70. The average Bonchev–Trinajstić information content (AvgIpc) is 3.19. The van der Waals surface area contributed by atoms with Crippen LogP contribution in [0.5, 0.6) is 11.6 Å². The smallest absolute Gasteiger partial charge is 0.475 e. The van der Waals surface area contributed by atoms with E-state index >= 15 is 0 Å². The van der Waals surface area contributed by atoms with Crippen LogP contribution in [-0.4, -0.2) is 37.2 Å². The van der Waals surface area contributed by atoms with Crippen molar-refractivity contribution in [1.29, 1.82) is 0 Å². The summed E-state index contributed by atoms with van der Waals surface area (Å²) in [6.07, 6.45) is -2.17. The van der Waals surface area contributed by atoms with E-state index in [2.05, 4.69) is 19.9 Å². The monoisotopic (exact) mass is 466 g/mol. The number of carboxylic acid groups (broad SMARTS) is 1. The average molecular weight is 466 g/mol. The van der Waals surface area contributed by atoms with Crippen molar-refractivity contribution in [2.75, 3.05) is 0 Å². The van der Waals surface area contributed by atoms with E-state index in [1.54, 1.807) is 12.1 Å². The first kappa shape index (κ1) is 23.0. The molecule has 0 aliphatic carbocycles. The van der Waals surface area contributed by atoms with Crippen molar-refractivity contribution < 1.29 is 32.2 Å². The first-order chi connectivity index (χ1) is 15.1. The number of fused-ring (bicyclic) bond motifs is 1. The Bertz CT molecular complexity index is 1260. The van der Waals surface area contributed by atoms with Crippen LogP contribution >= 0.6 is 11.3 Å². The van der Waals surface area contributed by atoms with Gasteiger partial charge in [-0.2, -0.15) is 13.2 Å². The lowest BCUT2D eigenvalue weighted by Crippen LogP contribution is -2.21. The zero-order chi connectivity index (χ0) is 23.5. The highest BCUT2D eigenvalue weighted by molar-refractivity contribution is 7.17. The Morgan fingerprint density at radius 1 is 1.03 bits per heavy atom. The number of nitrogens with zero attached hydrogens (tertiary/aromatic N) is 4. The zero-order valence-corrected chi connectivity index (χ0v) is 17.3. The predicted octanol–water partition coefficient (Wildman–Crippen LogP) is 5.33. The molecule has 0 aliphatic heterocycles. The minimum atomic E-state index is -5.08. The van der Waals surface area contributed by atoms with E-state index in [4.69, 9.17) is 14.6 Å². The number of halogens is 4. The number of carboxylic acids is 1. The number of hydrogen-bond donors (Lipinski definition) is 1. The zero-order valence-electron chi connectivity index (χ0n) is 16.5. The van der Waals surface area contributed by atoms with Gasteiger partial charge in [-0.15, -0.1) is 11.3 Å². The molecule has 0 unspecified atom stereocenters. The summed E-state index contributed by atoms with van der Waals surface area (Å²) >= 11 is 1.48. The predicted molar refractivity (Wildman–Crippen MR) is 108 cm³/mol. The second-order valence-corrected chi connectivity index (χ2v) is 7.20. The normalized spacial score (nSPS) is 11.1. The fraction of sp³-hybridized carbons (Fsp3) is 0.150. The van der Waals surface area contributed by atoms with Gasteiger partial charge >= 0.3 is 12.1 Å². The number of aliphatic carboxylic acids is 1. The van der Waals surface area contributed by atoms with Crippen molar-refractivity contribution in [1.82, 2.24) is 19.9 Å². The quantitative estimate of drug-likeness (QED) is 0.408. The molecule has 12 heteroatoms. The molecule has 7 nitrogen and oxygen atoms in total. The van der Waals surface area contributed by atoms with Gasteiger partial charge in [-0.25, -0.2) is 29.1 Å². The number of ether oxygens (including phenoxy) is 1. The number of thiophene rings is 1. The standard InChI is InChI=1S/C18H13FN4OS.C2HF3O2/c1-10-16(11(2)21-8-20-10)13-4-3-12(7-14(13)19)24-18-17-15(5-6-25-17)22-9-23-18;3-2(4,5)1(6)7/h3-9H,1-2H3;(H,6,7). The van der Waals surface area contributed by atoms with Gasteiger partial charge in [-0.05, 0) is 37.4 Å². The molecule has 1 aromatic carbocycles. The van der Waals surface area contributed by atoms with Crippen LogP contribution in [0.3, 0.4) is 0 Å². The SMILES string of the molecule is Cc1ncnc(C)c1-c1ccc(Oc2ncnc3ccsc23)cc1F.O=C(O)C(F)(F)F. The number of aryl methyl sites for hydroxylation is 2. The molecule has 4 rings (SSSR count). The number of rotatable bonds is 3. The van der Waals surface area contributed by atoms with Gasteiger partial charge in [0.15, 0.2) is 0 Å². The number of carbonyl (C=O) groups is 1. The van der Waals surface area contributed by atoms with E-state index in [0.29, 0.717) is 22.8 Å². The van der Waals surface area contributed by atoms with Crippen LogP contribution in [0.4, 0.5) is 17.6 Å². The molecular formula is C20H14F4N4O3S. The maximum absolute atomic E-state index is 14.7. The fourth-order valence-corrected chi connectivity index (χ4v) is 3.47. The van der Waals surface area contributed by atoms with Crippen LogP contribution in [0.2, 0.25) is 0 Å². The van der Waals surface area contributed by atoms with Crippen molar-refractivity contribution in [2.24, 2.45) is 0 Å². The Labute approximate surface area is 182 Å². The molecule has 0 saturated carbocycles. The lowest BCUT2D eigenvalue weighted by molar-refractivity contribution is -0.192. The molecule has 0 atom stereocenters. The minimum Gasteiger partial charge on any atom is -0.475 e. The number of alkyl halides is 3. The second kappa shape index (κ2) is 9.22. The van der Waals surface area contributed by atoms with E-state index < -0.39 is 18.0 Å². The van der Waals surface area contributed by atoms with Crippen LogP contribution in [0.1, 0.15) is 11.4 Å². The maximum Gasteiger partial charge on any atom is 0.490 e. The Morgan fingerprint density at radius 2 is 1.66 bits per heavy atom. The second-order valence-electron chi connectivity index (χ2n) is 6.28. The van der Waals surface area contributed by atoms with Crippen LogP contribution < -0.4 is 4.74 Å². The molecule has 0 spiro atoms. The van der Waals surface area contributed by atoms with Crippen molar-refractivity contribution in [3.8, 4) is 22.8 Å². The topological polar surface area (TPSA) is 98.1 Å². The Hall–Kier alpha value is -3.67. The van der Waals surface area contributed by atoms with E-state index in [9.17, 15) is 17.6 Å². The summed E-state index contributed by atoms with van der Waals surface area (Å²) in [6, 6.07) is 6.63. The van der Waals surface area contributed by atoms with Gasteiger partial charge in [0.05, 0.1) is 5.52 Å². The number of aromatic nitrogens is 4. The van der Waals surface area contributed by atoms with Gasteiger partial charge in [0.1, 0.15) is 28.9 Å². The van der Waals surface area contributed by atoms with Crippen molar-refractivity contribution in [2.45, 2.75) is 20.0 Å². The molecule has 0 fully saturated rings. The molecule has 1 N–H and O–H groups in total. The molecular weight excluding hydrogens is 452 g/mol. The molecule has 4 aromatic rings. The van der Waals surface area contributed by atoms with Crippen molar-refractivity contribution in [3.63, 3.8) is 0 Å². The van der Waals surface area contributed by atoms with Gasteiger partial charge < -0.3 is 9.84 Å². The molecule has 166 valence electrons. The summed E-state index contributed by atoms with van der Waals surface area (Å²) in [5.41, 5.74) is 3.42. The maximum atomic E-state index is 14.7. The molecule has 0 saturated heterocycles. The molecule has 32 heavy (non-hydrogen) atoms. The lowest BCUT2D eigenvalue weighted by atomic mass is 10.0. The van der Waals surface area contributed by atoms with Crippen LogP contribution in [0.25, 0.3) is 21.3 Å². The van der Waals surface area contributed by atoms with Crippen LogP contribution in [0, 0.1) is 19.7 Å². The summed E-state index contributed by atoms with van der Waals surface area (Å²) in [5, 5.41) is 9.04. The van der Waals surface area contributed by atoms with E-state index in [1.165, 1.54) is 30.1 Å². The summed E-state index contributed by atoms with van der Waals surface area (Å²) in [6.45, 7) is 3.67. The third kappa shape index (κ3) is 5.14. The van der Waals surface area contributed by atoms with E-state index in [1.807, 2.05) is 25.3 Å². The molecule has 0 bridgehead atoms. The van der Waals surface area contributed by atoms with E-state index in [0.717, 1.165) is 21.6 Å². The largest absolute Gasteiger partial charge is 0.490 e. The van der Waals surface area contributed by atoms with Gasteiger partial charge in [0, 0.05) is 28.6 Å². The summed E-state index contributed by atoms with van der Waals surface area (Å²) in [5.74, 6) is -2.35. The number of benzene rings is 1. The van der Waals surface area contributed by atoms with Crippen molar-refractivity contribution >= 4 is 27.5 Å². The molecule has 0 aliphatic rings. The first-order valence-electron chi connectivity index (χ1n) is 8.82. The highest BCUT2D eigenvalue weighted by Gasteiger charge is 2.38. The van der Waals surface area contributed by atoms with Gasteiger partial charge in [-0.3, -0.25) is 0 Å². The molecule has 0 radical (unpaired) electrons. The Morgan fingerprint density at radius 3 is 2.25 bits per heavy atom. The third-order valence-electron chi connectivity index (χ3n) is 4.10. The summed E-state index contributed by atoms with van der Waals surface area (Å²) < 4.78 is 53.0. The molecule has 0 amide bonds. The number of hydrogen-bond acceptors (Lipinski definition) is 7. The Kier molecular flexibility index (Phi) is 6.63. The Balaban J connectivity index is 0.000000360. The van der Waals surface area contributed by atoms with E-state index in [-0.39, 0.29) is 0 Å². The van der Waals surface area contributed by atoms with Crippen LogP contribution in [-0.2, 0) is 4.79 Å². The van der Waals surface area contributed by atoms with Gasteiger partial charge in [-0.1, -0.05) is 0 Å².